The summed E-state index contributed by atoms with van der Waals surface area (Å²) < 4.78 is 27.9. The van der Waals surface area contributed by atoms with E-state index >= 15 is 0 Å². The first-order chi connectivity index (χ1) is 6.89. The van der Waals surface area contributed by atoms with Gasteiger partial charge in [0.05, 0.1) is 13.2 Å². The topological polar surface area (TPSA) is 64.8 Å². The van der Waals surface area contributed by atoms with E-state index in [1.165, 1.54) is 7.11 Å². The molecule has 2 bridgehead atoms. The van der Waals surface area contributed by atoms with Crippen molar-refractivity contribution in [3.63, 3.8) is 0 Å². The molecule has 0 N–H and O–H groups in total. The molecule has 0 aromatic heterocycles. The van der Waals surface area contributed by atoms with Gasteiger partial charge >= 0.3 is 14.4 Å². The maximum absolute atomic E-state index is 6.09. The predicted molar refractivity (Wildman–Crippen MR) is 64.5 cm³/mol. The van der Waals surface area contributed by atoms with Gasteiger partial charge in [-0.25, -0.2) is 0 Å². The van der Waals surface area contributed by atoms with Gasteiger partial charge in [-0.05, 0) is 33.7 Å². The quantitative estimate of drug-likeness (QED) is 0.616. The summed E-state index contributed by atoms with van der Waals surface area (Å²) in [6, 6.07) is 0. The van der Waals surface area contributed by atoms with Gasteiger partial charge in [0, 0.05) is 7.11 Å². The summed E-state index contributed by atoms with van der Waals surface area (Å²) in [7, 11) is -1.39. The summed E-state index contributed by atoms with van der Waals surface area (Å²) in [6.45, 7) is -2.29. The lowest BCUT2D eigenvalue weighted by Gasteiger charge is -2.22. The Bertz CT molecular complexity index is 444. The maximum Gasteiger partial charge on any atom is 0.346 e. The number of halogens is 3. The monoisotopic (exact) mass is 331 g/mol. The van der Waals surface area contributed by atoms with E-state index in [2.05, 4.69) is 13.5 Å². The van der Waals surface area contributed by atoms with Crippen molar-refractivity contribution in [2.45, 2.75) is 0 Å². The molecule has 2 aliphatic rings. The van der Waals surface area contributed by atoms with E-state index in [1.807, 2.05) is 0 Å². The second kappa shape index (κ2) is 4.28. The molecular weight excluding hydrogens is 325 g/mol. The highest BCUT2D eigenvalue weighted by Gasteiger charge is 2.38. The summed E-state index contributed by atoms with van der Waals surface area (Å²) in [5, 5.41) is 0. The standard InChI is InChI=1S/C3H7Cl3N3O3P3/c1-10-15-8-13(4,5)7-14(6,9-15)11-2-3-12-15/h2-3H2,1H3/t14-,15+/m0/s1. The van der Waals surface area contributed by atoms with E-state index in [0.717, 1.165) is 0 Å². The molecule has 2 rings (SSSR count). The lowest BCUT2D eigenvalue weighted by Crippen LogP contribution is -1.96. The molecule has 0 unspecified atom stereocenters. The Kier molecular flexibility index (Phi) is 3.67. The number of hydrogen-bond acceptors (Lipinski definition) is 6. The number of hydrogen-bond donors (Lipinski definition) is 0. The summed E-state index contributed by atoms with van der Waals surface area (Å²) in [5.74, 6) is -2.90. The van der Waals surface area contributed by atoms with E-state index in [-0.39, 0.29) is 13.2 Å². The SMILES string of the molecule is CO[P@@]12=NP(Cl)(Cl)=N[P@@](Cl)(=N1)OCCO2. The molecule has 0 aromatic carbocycles. The summed E-state index contributed by atoms with van der Waals surface area (Å²) in [4.78, 5) is 0. The Morgan fingerprint density at radius 3 is 2.40 bits per heavy atom. The first-order valence-electron chi connectivity index (χ1n) is 3.74. The summed E-state index contributed by atoms with van der Waals surface area (Å²) in [6.07, 6.45) is 0. The largest absolute Gasteiger partial charge is 0.346 e. The summed E-state index contributed by atoms with van der Waals surface area (Å²) in [5.41, 5.74) is 0. The fourth-order valence-corrected chi connectivity index (χ4v) is 13.5. The van der Waals surface area contributed by atoms with E-state index in [9.17, 15) is 0 Å². The van der Waals surface area contributed by atoms with Crippen molar-refractivity contribution in [1.82, 2.24) is 0 Å². The van der Waals surface area contributed by atoms with Crippen LogP contribution in [0.2, 0.25) is 0 Å². The van der Waals surface area contributed by atoms with Gasteiger partial charge in [0.15, 0.2) is 0 Å². The van der Waals surface area contributed by atoms with Crippen LogP contribution in [0, 0.1) is 0 Å². The van der Waals surface area contributed by atoms with E-state index in [1.54, 1.807) is 0 Å². The lowest BCUT2D eigenvalue weighted by atomic mass is 10.8. The maximum atomic E-state index is 6.09. The van der Waals surface area contributed by atoms with Gasteiger partial charge in [0.2, 0.25) is 0 Å². The van der Waals surface area contributed by atoms with E-state index in [0.29, 0.717) is 0 Å². The molecule has 12 heteroatoms. The highest BCUT2D eigenvalue weighted by Crippen LogP contribution is 2.84. The van der Waals surface area contributed by atoms with Gasteiger partial charge in [-0.3, -0.25) is 0 Å². The van der Waals surface area contributed by atoms with E-state index in [4.69, 9.17) is 47.3 Å². The Morgan fingerprint density at radius 2 is 1.73 bits per heavy atom. The van der Waals surface area contributed by atoms with Crippen LogP contribution in [0.3, 0.4) is 0 Å². The van der Waals surface area contributed by atoms with Crippen LogP contribution in [0.4, 0.5) is 0 Å². The van der Waals surface area contributed by atoms with Crippen LogP contribution in [-0.4, -0.2) is 20.3 Å². The molecule has 0 fully saturated rings. The zero-order valence-corrected chi connectivity index (χ0v) is 12.4. The normalized spacial score (nSPS) is 43.2. The Hall–Kier alpha value is 1.44. The fraction of sp³-hybridized carbons (Fsp3) is 1.00. The highest BCUT2D eigenvalue weighted by atomic mass is 35.9. The molecule has 88 valence electrons. The van der Waals surface area contributed by atoms with Crippen LogP contribution < -0.4 is 0 Å². The Morgan fingerprint density at radius 1 is 1.07 bits per heavy atom. The number of nitrogens with zero attached hydrogens (tertiary/aromatic N) is 3. The van der Waals surface area contributed by atoms with Crippen molar-refractivity contribution < 1.29 is 13.6 Å². The molecule has 0 aliphatic carbocycles. The Balaban J connectivity index is 2.67. The van der Waals surface area contributed by atoms with Crippen molar-refractivity contribution in [3.8, 4) is 0 Å². The molecule has 2 atom stereocenters. The van der Waals surface area contributed by atoms with E-state index < -0.39 is 20.4 Å². The molecule has 0 saturated heterocycles. The van der Waals surface area contributed by atoms with Crippen molar-refractivity contribution >= 4 is 54.1 Å². The molecule has 6 nitrogen and oxygen atoms in total. The van der Waals surface area contributed by atoms with Crippen LogP contribution in [-0.2, 0) is 13.6 Å². The van der Waals surface area contributed by atoms with Crippen molar-refractivity contribution in [2.75, 3.05) is 20.3 Å². The predicted octanol–water partition coefficient (Wildman–Crippen LogP) is 5.25. The molecule has 0 radical (unpaired) electrons. The van der Waals surface area contributed by atoms with Crippen molar-refractivity contribution in [3.05, 3.63) is 0 Å². The highest BCUT2D eigenvalue weighted by molar-refractivity contribution is 8.14. The van der Waals surface area contributed by atoms with Gasteiger partial charge in [0.1, 0.15) is 0 Å². The Labute approximate surface area is 101 Å². The number of rotatable bonds is 1. The van der Waals surface area contributed by atoms with Crippen LogP contribution in [0.5, 0.6) is 0 Å². The van der Waals surface area contributed by atoms with Crippen molar-refractivity contribution in [2.24, 2.45) is 13.5 Å². The molecular formula is C3H7Cl3N3O3P3. The average molecular weight is 332 g/mol. The van der Waals surface area contributed by atoms with Gasteiger partial charge in [0.25, 0.3) is 5.91 Å². The van der Waals surface area contributed by atoms with Crippen LogP contribution in [0.25, 0.3) is 0 Å². The molecule has 0 amide bonds. The third-order valence-corrected chi connectivity index (χ3v) is 12.2. The minimum atomic E-state index is -2.90. The molecule has 0 spiro atoms. The minimum Gasteiger partial charge on any atom is -0.313 e. The van der Waals surface area contributed by atoms with Crippen molar-refractivity contribution in [1.29, 1.82) is 0 Å². The van der Waals surface area contributed by atoms with Gasteiger partial charge in [-0.2, -0.15) is 13.5 Å². The van der Waals surface area contributed by atoms with Crippen LogP contribution in [0.15, 0.2) is 13.5 Å². The molecule has 15 heavy (non-hydrogen) atoms. The minimum absolute atomic E-state index is 0.276. The second-order valence-corrected chi connectivity index (χ2v) is 13.1. The zero-order chi connectivity index (χ0) is 11.2. The fourth-order valence-electron chi connectivity index (χ4n) is 1.00. The second-order valence-electron chi connectivity index (χ2n) is 2.54. The van der Waals surface area contributed by atoms with Gasteiger partial charge in [-0.1, -0.05) is 0 Å². The molecule has 0 saturated carbocycles. The smallest absolute Gasteiger partial charge is 0.313 e. The summed E-state index contributed by atoms with van der Waals surface area (Å²) >= 11 is 17.9. The van der Waals surface area contributed by atoms with Gasteiger partial charge < -0.3 is 13.6 Å². The third-order valence-electron chi connectivity index (χ3n) is 1.50. The molecule has 2 heterocycles. The van der Waals surface area contributed by atoms with Crippen LogP contribution >= 0.6 is 54.1 Å². The third kappa shape index (κ3) is 2.82. The number of fused-ring (bicyclic) bond motifs is 1. The first-order valence-corrected chi connectivity index (χ1v) is 11.3. The molecule has 2 aliphatic heterocycles. The lowest BCUT2D eigenvalue weighted by molar-refractivity contribution is 0.224. The van der Waals surface area contributed by atoms with Gasteiger partial charge in [-0.15, -0.1) is 0 Å². The molecule has 0 aromatic rings. The van der Waals surface area contributed by atoms with Crippen LogP contribution in [0.1, 0.15) is 0 Å². The first kappa shape index (κ1) is 12.9. The average Bonchev–Trinajstić information content (AvgIpc) is 2.21. The zero-order valence-electron chi connectivity index (χ0n) is 7.46.